The van der Waals surface area contributed by atoms with Crippen molar-refractivity contribution in [2.45, 2.75) is 25.6 Å². The van der Waals surface area contributed by atoms with Crippen molar-refractivity contribution >= 4 is 35.1 Å². The Balaban J connectivity index is 1.59. The predicted octanol–water partition coefficient (Wildman–Crippen LogP) is 4.03. The van der Waals surface area contributed by atoms with Gasteiger partial charge in [0.15, 0.2) is 0 Å². The number of amides is 1. The number of halogens is 3. The quantitative estimate of drug-likeness (QED) is 0.341. The summed E-state index contributed by atoms with van der Waals surface area (Å²) in [7, 11) is 0. The molecule has 0 unspecified atom stereocenters. The van der Waals surface area contributed by atoms with Gasteiger partial charge in [-0.05, 0) is 50.2 Å². The minimum atomic E-state index is -4.51. The molecule has 2 heterocycles. The number of nitrogens with one attached hydrogen (secondary N) is 3. The summed E-state index contributed by atoms with van der Waals surface area (Å²) in [5.41, 5.74) is -0.786. The topological polar surface area (TPSA) is 125 Å². The monoisotopic (exact) mass is 531 g/mol. The summed E-state index contributed by atoms with van der Waals surface area (Å²) >= 11 is 0. The number of benzene rings is 2. The second-order valence-corrected chi connectivity index (χ2v) is 9.29. The SMILES string of the molecule is CC(C)(O)CNc1nc(Nc2cccc(C(=O)N3CCOCC3)c2)nc(Nc2cccc(C(F)(F)F)c2)n1. The number of ether oxygens (including phenoxy) is 1. The summed E-state index contributed by atoms with van der Waals surface area (Å²) in [6.07, 6.45) is -4.51. The van der Waals surface area contributed by atoms with Crippen molar-refractivity contribution in [3.8, 4) is 0 Å². The van der Waals surface area contributed by atoms with Gasteiger partial charge < -0.3 is 30.7 Å². The molecule has 1 fully saturated rings. The molecule has 3 aromatic rings. The highest BCUT2D eigenvalue weighted by Gasteiger charge is 2.30. The molecule has 0 aliphatic carbocycles. The Hall–Kier alpha value is -3.97. The lowest BCUT2D eigenvalue weighted by Crippen LogP contribution is -2.40. The molecular weight excluding hydrogens is 503 g/mol. The van der Waals surface area contributed by atoms with Crippen molar-refractivity contribution in [1.29, 1.82) is 0 Å². The van der Waals surface area contributed by atoms with Crippen molar-refractivity contribution in [2.24, 2.45) is 0 Å². The molecule has 202 valence electrons. The number of hydrogen-bond acceptors (Lipinski definition) is 9. The molecule has 1 amide bonds. The summed E-state index contributed by atoms with van der Waals surface area (Å²) in [4.78, 5) is 27.4. The van der Waals surface area contributed by atoms with Gasteiger partial charge in [0.1, 0.15) is 0 Å². The third kappa shape index (κ3) is 7.52. The van der Waals surface area contributed by atoms with Crippen LogP contribution in [0.15, 0.2) is 48.5 Å². The van der Waals surface area contributed by atoms with Crippen LogP contribution in [0.2, 0.25) is 0 Å². The average Bonchev–Trinajstić information content (AvgIpc) is 2.87. The summed E-state index contributed by atoms with van der Waals surface area (Å²) < 4.78 is 44.8. The number of aromatic nitrogens is 3. The third-order valence-electron chi connectivity index (χ3n) is 5.42. The molecular formula is C25H28F3N7O3. The van der Waals surface area contributed by atoms with Crippen LogP contribution in [0, 0.1) is 0 Å². The Bertz CT molecular complexity index is 1280. The molecule has 4 N–H and O–H groups in total. The van der Waals surface area contributed by atoms with E-state index >= 15 is 0 Å². The maximum Gasteiger partial charge on any atom is 0.416 e. The molecule has 1 saturated heterocycles. The number of hydrogen-bond donors (Lipinski definition) is 4. The number of carbonyl (C=O) groups excluding carboxylic acids is 1. The second kappa shape index (κ2) is 11.2. The van der Waals surface area contributed by atoms with Crippen LogP contribution in [0.5, 0.6) is 0 Å². The Kier molecular flexibility index (Phi) is 7.97. The predicted molar refractivity (Wildman–Crippen MR) is 136 cm³/mol. The Morgan fingerprint density at radius 3 is 2.13 bits per heavy atom. The van der Waals surface area contributed by atoms with E-state index in [2.05, 4.69) is 30.9 Å². The molecule has 4 rings (SSSR count). The Labute approximate surface area is 217 Å². The van der Waals surface area contributed by atoms with Crippen molar-refractivity contribution in [1.82, 2.24) is 19.9 Å². The molecule has 0 atom stereocenters. The number of rotatable bonds is 8. The fourth-order valence-corrected chi connectivity index (χ4v) is 3.57. The van der Waals surface area contributed by atoms with Gasteiger partial charge in [-0.1, -0.05) is 12.1 Å². The van der Waals surface area contributed by atoms with Crippen LogP contribution >= 0.6 is 0 Å². The van der Waals surface area contributed by atoms with E-state index in [0.29, 0.717) is 37.6 Å². The van der Waals surface area contributed by atoms with E-state index in [4.69, 9.17) is 4.74 Å². The molecule has 0 spiro atoms. The average molecular weight is 532 g/mol. The maximum absolute atomic E-state index is 13.2. The normalized spacial score (nSPS) is 14.2. The van der Waals surface area contributed by atoms with Gasteiger partial charge in [0.05, 0.1) is 24.4 Å². The van der Waals surface area contributed by atoms with E-state index in [9.17, 15) is 23.1 Å². The lowest BCUT2D eigenvalue weighted by atomic mass is 10.1. The van der Waals surface area contributed by atoms with Gasteiger partial charge in [0.25, 0.3) is 5.91 Å². The van der Waals surface area contributed by atoms with Crippen LogP contribution in [-0.2, 0) is 10.9 Å². The van der Waals surface area contributed by atoms with Crippen molar-refractivity contribution in [2.75, 3.05) is 48.8 Å². The van der Waals surface area contributed by atoms with Crippen LogP contribution in [0.1, 0.15) is 29.8 Å². The zero-order valence-corrected chi connectivity index (χ0v) is 20.8. The summed E-state index contributed by atoms with van der Waals surface area (Å²) in [6.45, 7) is 5.27. The lowest BCUT2D eigenvalue weighted by molar-refractivity contribution is -0.137. The van der Waals surface area contributed by atoms with Crippen LogP contribution in [-0.4, -0.2) is 69.3 Å². The van der Waals surface area contributed by atoms with Gasteiger partial charge in [0, 0.05) is 36.6 Å². The molecule has 2 aromatic carbocycles. The summed E-state index contributed by atoms with van der Waals surface area (Å²) in [6, 6.07) is 11.4. The smallest absolute Gasteiger partial charge is 0.389 e. The van der Waals surface area contributed by atoms with Gasteiger partial charge in [0.2, 0.25) is 17.8 Å². The van der Waals surface area contributed by atoms with Crippen LogP contribution in [0.3, 0.4) is 0 Å². The molecule has 0 radical (unpaired) electrons. The first kappa shape index (κ1) is 27.1. The number of nitrogens with zero attached hydrogens (tertiary/aromatic N) is 4. The standard InChI is InChI=1S/C25H28F3N7O3/c1-24(2,37)15-29-21-32-22(34-23(33-21)31-19-8-4-6-17(14-19)25(26,27)28)30-18-7-3-5-16(13-18)20(36)35-9-11-38-12-10-35/h3-8,13-14,37H,9-12,15H2,1-2H3,(H3,29,30,31,32,33,34). The lowest BCUT2D eigenvalue weighted by Gasteiger charge is -2.27. The Morgan fingerprint density at radius 2 is 1.53 bits per heavy atom. The molecule has 38 heavy (non-hydrogen) atoms. The van der Waals surface area contributed by atoms with Gasteiger partial charge in [-0.3, -0.25) is 4.79 Å². The number of anilines is 5. The third-order valence-corrected chi connectivity index (χ3v) is 5.42. The van der Waals surface area contributed by atoms with Gasteiger partial charge in [-0.25, -0.2) is 0 Å². The van der Waals surface area contributed by atoms with Crippen LogP contribution in [0.4, 0.5) is 42.4 Å². The molecule has 1 aromatic heterocycles. The van der Waals surface area contributed by atoms with E-state index in [-0.39, 0.29) is 36.0 Å². The van der Waals surface area contributed by atoms with Crippen LogP contribution in [0.25, 0.3) is 0 Å². The first-order chi connectivity index (χ1) is 18.0. The number of alkyl halides is 3. The molecule has 0 saturated carbocycles. The molecule has 13 heteroatoms. The van der Waals surface area contributed by atoms with Gasteiger partial charge in [-0.2, -0.15) is 28.1 Å². The van der Waals surface area contributed by atoms with Crippen molar-refractivity contribution in [3.63, 3.8) is 0 Å². The van der Waals surface area contributed by atoms with Gasteiger partial charge >= 0.3 is 6.18 Å². The van der Waals surface area contributed by atoms with E-state index in [0.717, 1.165) is 12.1 Å². The van der Waals surface area contributed by atoms with E-state index in [1.807, 2.05) is 0 Å². The van der Waals surface area contributed by atoms with E-state index in [1.54, 1.807) is 43.0 Å². The fourth-order valence-electron chi connectivity index (χ4n) is 3.57. The molecule has 0 bridgehead atoms. The van der Waals surface area contributed by atoms with E-state index in [1.165, 1.54) is 12.1 Å². The molecule has 10 nitrogen and oxygen atoms in total. The first-order valence-electron chi connectivity index (χ1n) is 11.9. The van der Waals surface area contributed by atoms with Crippen LogP contribution < -0.4 is 16.0 Å². The maximum atomic E-state index is 13.2. The minimum Gasteiger partial charge on any atom is -0.389 e. The Morgan fingerprint density at radius 1 is 0.947 bits per heavy atom. The highest BCUT2D eigenvalue weighted by Crippen LogP contribution is 2.31. The number of aliphatic hydroxyl groups is 1. The first-order valence-corrected chi connectivity index (χ1v) is 11.9. The highest BCUT2D eigenvalue weighted by molar-refractivity contribution is 5.95. The zero-order chi connectivity index (χ0) is 27.3. The van der Waals surface area contributed by atoms with Crippen molar-refractivity contribution < 1.29 is 27.8 Å². The fraction of sp³-hybridized carbons (Fsp3) is 0.360. The molecule has 1 aliphatic rings. The summed E-state index contributed by atoms with van der Waals surface area (Å²) in [5, 5.41) is 18.8. The number of morpholine rings is 1. The van der Waals surface area contributed by atoms with Gasteiger partial charge in [-0.15, -0.1) is 0 Å². The largest absolute Gasteiger partial charge is 0.416 e. The summed E-state index contributed by atoms with van der Waals surface area (Å²) in [5.74, 6) is -0.00371. The van der Waals surface area contributed by atoms with E-state index < -0.39 is 17.3 Å². The van der Waals surface area contributed by atoms with Crippen molar-refractivity contribution in [3.05, 3.63) is 59.7 Å². The minimum absolute atomic E-state index is 0.0272. The highest BCUT2D eigenvalue weighted by atomic mass is 19.4. The molecule has 1 aliphatic heterocycles. The number of carbonyl (C=O) groups is 1. The zero-order valence-electron chi connectivity index (χ0n) is 20.8. The second-order valence-electron chi connectivity index (χ2n) is 9.29.